The average molecular weight is 419 g/mol. The minimum absolute atomic E-state index is 1.01. The molecule has 1 heterocycles. The molecule has 2 nitrogen and oxygen atoms in total. The maximum absolute atomic E-state index is 4.78. The fourth-order valence-corrected chi connectivity index (χ4v) is 4.96. The van der Waals surface area contributed by atoms with Crippen LogP contribution in [0.5, 0.6) is 0 Å². The van der Waals surface area contributed by atoms with Gasteiger partial charge in [0.05, 0.1) is 11.4 Å². The Labute approximate surface area is 186 Å². The maximum Gasteiger partial charge on any atom is 0.0666 e. The van der Waals surface area contributed by atoms with Gasteiger partial charge in [0.1, 0.15) is 0 Å². The van der Waals surface area contributed by atoms with Crippen LogP contribution in [0.1, 0.15) is 22.3 Å². The normalized spacial score (nSPS) is 11.9. The van der Waals surface area contributed by atoms with E-state index in [1.807, 2.05) is 60.2 Å². The number of hydrogen-bond donors (Lipinski definition) is 0. The Balaban J connectivity index is 1.58. The van der Waals surface area contributed by atoms with Gasteiger partial charge < -0.3 is 0 Å². The lowest BCUT2D eigenvalue weighted by molar-refractivity contribution is 1.43. The van der Waals surface area contributed by atoms with Crippen LogP contribution in [0.25, 0.3) is 20.2 Å². The third kappa shape index (κ3) is 4.05. The molecule has 3 heteroatoms. The second-order valence-electron chi connectivity index (χ2n) is 7.71. The lowest BCUT2D eigenvalue weighted by Gasteiger charge is -2.03. The predicted octanol–water partition coefficient (Wildman–Crippen LogP) is 8.17. The van der Waals surface area contributed by atoms with Crippen molar-refractivity contribution in [3.63, 3.8) is 0 Å². The van der Waals surface area contributed by atoms with E-state index in [0.717, 1.165) is 22.5 Å². The summed E-state index contributed by atoms with van der Waals surface area (Å²) in [6.45, 7) is 4.25. The monoisotopic (exact) mass is 418 g/mol. The van der Waals surface area contributed by atoms with E-state index in [1.54, 1.807) is 0 Å². The van der Waals surface area contributed by atoms with Crippen LogP contribution in [0.2, 0.25) is 0 Å². The quantitative estimate of drug-likeness (QED) is 0.263. The Hall–Kier alpha value is -3.56. The summed E-state index contributed by atoms with van der Waals surface area (Å²) in [5.74, 6) is 0. The standard InChI is InChI=1S/C28H22N2S/c1-19-13-27-23(15-25(19)29-17-21-9-5-3-6-10-21)24-16-26(20(2)14-28(24)31-27)30-18-22-11-7-4-8-12-22/h3-18H,1-2H3. The van der Waals surface area contributed by atoms with Gasteiger partial charge in [-0.3, -0.25) is 9.98 Å². The average Bonchev–Trinajstić information content (AvgIpc) is 3.13. The van der Waals surface area contributed by atoms with Crippen molar-refractivity contribution in [2.24, 2.45) is 9.98 Å². The lowest BCUT2D eigenvalue weighted by Crippen LogP contribution is -1.81. The molecular formula is C28H22N2S. The Bertz CT molecular complexity index is 1320. The van der Waals surface area contributed by atoms with Gasteiger partial charge >= 0.3 is 0 Å². The number of hydrogen-bond acceptors (Lipinski definition) is 3. The summed E-state index contributed by atoms with van der Waals surface area (Å²) in [6, 6.07) is 29.4. The van der Waals surface area contributed by atoms with E-state index >= 15 is 0 Å². The molecule has 0 saturated heterocycles. The zero-order valence-electron chi connectivity index (χ0n) is 17.5. The van der Waals surface area contributed by atoms with Crippen molar-refractivity contribution in [2.75, 3.05) is 0 Å². The molecule has 31 heavy (non-hydrogen) atoms. The number of aliphatic imine (C=N–C) groups is 2. The third-order valence-corrected chi connectivity index (χ3v) is 6.53. The molecule has 0 aliphatic rings. The van der Waals surface area contributed by atoms with Crippen molar-refractivity contribution in [1.82, 2.24) is 0 Å². The van der Waals surface area contributed by atoms with Gasteiger partial charge in [-0.1, -0.05) is 60.7 Å². The highest BCUT2D eigenvalue weighted by Crippen LogP contribution is 2.40. The summed E-state index contributed by atoms with van der Waals surface area (Å²) in [4.78, 5) is 9.56. The third-order valence-electron chi connectivity index (χ3n) is 5.41. The molecule has 0 bridgehead atoms. The largest absolute Gasteiger partial charge is 0.256 e. The summed E-state index contributed by atoms with van der Waals surface area (Å²) in [5, 5.41) is 2.48. The first kappa shape index (κ1) is 19.4. The van der Waals surface area contributed by atoms with Crippen LogP contribution in [0.4, 0.5) is 11.4 Å². The number of thiophene rings is 1. The Morgan fingerprint density at radius 2 is 1.00 bits per heavy atom. The van der Waals surface area contributed by atoms with Crippen molar-refractivity contribution in [1.29, 1.82) is 0 Å². The van der Waals surface area contributed by atoms with Gasteiger partial charge in [0.25, 0.3) is 0 Å². The zero-order chi connectivity index (χ0) is 21.2. The van der Waals surface area contributed by atoms with Crippen molar-refractivity contribution >= 4 is 55.3 Å². The molecule has 0 atom stereocenters. The van der Waals surface area contributed by atoms with Gasteiger partial charge in [-0.2, -0.15) is 0 Å². The molecule has 0 unspecified atom stereocenters. The summed E-state index contributed by atoms with van der Waals surface area (Å²) < 4.78 is 2.57. The van der Waals surface area contributed by atoms with Crippen LogP contribution in [0.3, 0.4) is 0 Å². The summed E-state index contributed by atoms with van der Waals surface area (Å²) in [6.07, 6.45) is 3.87. The number of fused-ring (bicyclic) bond motifs is 3. The van der Waals surface area contributed by atoms with Crippen molar-refractivity contribution in [3.05, 3.63) is 107 Å². The van der Waals surface area contributed by atoms with E-state index in [-0.39, 0.29) is 0 Å². The van der Waals surface area contributed by atoms with E-state index in [2.05, 4.69) is 62.4 Å². The van der Waals surface area contributed by atoms with Crippen LogP contribution >= 0.6 is 11.3 Å². The number of rotatable bonds is 4. The molecule has 0 N–H and O–H groups in total. The minimum atomic E-state index is 1.01. The molecule has 0 aliphatic carbocycles. The number of benzene rings is 4. The van der Waals surface area contributed by atoms with E-state index < -0.39 is 0 Å². The second kappa shape index (κ2) is 8.29. The van der Waals surface area contributed by atoms with Gasteiger partial charge in [0, 0.05) is 32.6 Å². The Kier molecular flexibility index (Phi) is 5.19. The first-order valence-electron chi connectivity index (χ1n) is 10.3. The van der Waals surface area contributed by atoms with Crippen molar-refractivity contribution in [3.8, 4) is 0 Å². The van der Waals surface area contributed by atoms with Crippen molar-refractivity contribution in [2.45, 2.75) is 13.8 Å². The number of aryl methyl sites for hydroxylation is 2. The predicted molar refractivity (Wildman–Crippen MR) is 136 cm³/mol. The van der Waals surface area contributed by atoms with Crippen LogP contribution in [0.15, 0.2) is 94.9 Å². The van der Waals surface area contributed by atoms with Gasteiger partial charge in [0.2, 0.25) is 0 Å². The van der Waals surface area contributed by atoms with Gasteiger partial charge in [0.15, 0.2) is 0 Å². The van der Waals surface area contributed by atoms with E-state index in [4.69, 9.17) is 9.98 Å². The van der Waals surface area contributed by atoms with Gasteiger partial charge in [-0.25, -0.2) is 0 Å². The summed E-state index contributed by atoms with van der Waals surface area (Å²) in [5.41, 5.74) is 6.59. The van der Waals surface area contributed by atoms with Crippen LogP contribution in [0, 0.1) is 13.8 Å². The van der Waals surface area contributed by atoms with Crippen LogP contribution in [-0.4, -0.2) is 12.4 Å². The highest BCUT2D eigenvalue weighted by atomic mass is 32.1. The minimum Gasteiger partial charge on any atom is -0.256 e. The molecule has 0 aliphatic heterocycles. The van der Waals surface area contributed by atoms with Gasteiger partial charge in [-0.05, 0) is 60.4 Å². The molecule has 0 radical (unpaired) electrons. The Morgan fingerprint density at radius 1 is 0.581 bits per heavy atom. The molecular weight excluding hydrogens is 396 g/mol. The molecule has 0 fully saturated rings. The molecule has 5 aromatic rings. The lowest BCUT2D eigenvalue weighted by atomic mass is 10.1. The van der Waals surface area contributed by atoms with Gasteiger partial charge in [-0.15, -0.1) is 11.3 Å². The first-order valence-corrected chi connectivity index (χ1v) is 11.1. The fourth-order valence-electron chi connectivity index (χ4n) is 3.69. The smallest absolute Gasteiger partial charge is 0.0666 e. The molecule has 0 saturated carbocycles. The van der Waals surface area contributed by atoms with Crippen LogP contribution < -0.4 is 0 Å². The Morgan fingerprint density at radius 3 is 1.42 bits per heavy atom. The van der Waals surface area contributed by atoms with E-state index in [9.17, 15) is 0 Å². The molecule has 150 valence electrons. The zero-order valence-corrected chi connectivity index (χ0v) is 18.4. The van der Waals surface area contributed by atoms with Crippen LogP contribution in [-0.2, 0) is 0 Å². The first-order chi connectivity index (χ1) is 15.2. The molecule has 1 aromatic heterocycles. The SMILES string of the molecule is Cc1cc2sc3cc(C)c(N=Cc4ccccc4)cc3c2cc1N=Cc1ccccc1. The van der Waals surface area contributed by atoms with E-state index in [1.165, 1.54) is 31.3 Å². The molecule has 5 rings (SSSR count). The summed E-state index contributed by atoms with van der Waals surface area (Å²) >= 11 is 1.83. The topological polar surface area (TPSA) is 24.7 Å². The summed E-state index contributed by atoms with van der Waals surface area (Å²) in [7, 11) is 0. The van der Waals surface area contributed by atoms with E-state index in [0.29, 0.717) is 0 Å². The molecule has 0 amide bonds. The second-order valence-corrected chi connectivity index (χ2v) is 8.79. The maximum atomic E-state index is 4.78. The van der Waals surface area contributed by atoms with Crippen molar-refractivity contribution < 1.29 is 0 Å². The molecule has 0 spiro atoms. The fraction of sp³-hybridized carbons (Fsp3) is 0.0714. The number of nitrogens with zero attached hydrogens (tertiary/aromatic N) is 2. The molecule has 4 aromatic carbocycles. The highest BCUT2D eigenvalue weighted by Gasteiger charge is 2.10. The highest BCUT2D eigenvalue weighted by molar-refractivity contribution is 7.25.